The van der Waals surface area contributed by atoms with Gasteiger partial charge in [0.25, 0.3) is 0 Å². The Kier molecular flexibility index (Phi) is 8.16. The summed E-state index contributed by atoms with van der Waals surface area (Å²) in [5.41, 5.74) is 3.01. The van der Waals surface area contributed by atoms with Crippen LogP contribution in [0, 0.1) is 5.92 Å². The van der Waals surface area contributed by atoms with Gasteiger partial charge in [0.15, 0.2) is 0 Å². The van der Waals surface area contributed by atoms with Gasteiger partial charge in [-0.15, -0.1) is 11.6 Å². The molecule has 0 radical (unpaired) electrons. The van der Waals surface area contributed by atoms with Gasteiger partial charge in [-0.2, -0.15) is 0 Å². The van der Waals surface area contributed by atoms with Crippen molar-refractivity contribution in [1.82, 2.24) is 9.88 Å². The molecular weight excluding hydrogens is 520 g/mol. The van der Waals surface area contributed by atoms with E-state index < -0.39 is 18.2 Å². The Morgan fingerprint density at radius 2 is 1.79 bits per heavy atom. The summed E-state index contributed by atoms with van der Waals surface area (Å²) < 4.78 is 16.7. The lowest BCUT2D eigenvalue weighted by Gasteiger charge is -2.35. The first-order valence-corrected chi connectivity index (χ1v) is 13.5. The molecule has 1 aliphatic carbocycles. The van der Waals surface area contributed by atoms with Crippen LogP contribution in [0.1, 0.15) is 36.2 Å². The Hall–Kier alpha value is -3.46. The van der Waals surface area contributed by atoms with E-state index in [4.69, 9.17) is 30.9 Å². The van der Waals surface area contributed by atoms with Crippen molar-refractivity contribution >= 4 is 29.8 Å². The largest absolute Gasteiger partial charge is 0.497 e. The summed E-state index contributed by atoms with van der Waals surface area (Å²) in [5, 5.41) is 20.6. The summed E-state index contributed by atoms with van der Waals surface area (Å²) in [6.07, 6.45) is 4.01. The molecule has 4 atom stereocenters. The molecule has 0 spiro atoms. The summed E-state index contributed by atoms with van der Waals surface area (Å²) >= 11 is 6.59. The van der Waals surface area contributed by atoms with Gasteiger partial charge in [-0.05, 0) is 59.9 Å². The maximum absolute atomic E-state index is 13.5. The van der Waals surface area contributed by atoms with Crippen LogP contribution >= 0.6 is 11.6 Å². The number of hydrogen-bond acceptors (Lipinski definition) is 6. The van der Waals surface area contributed by atoms with E-state index in [9.17, 15) is 9.90 Å². The van der Waals surface area contributed by atoms with Crippen LogP contribution in [0.3, 0.4) is 0 Å². The van der Waals surface area contributed by atoms with Gasteiger partial charge in [0.2, 0.25) is 0 Å². The molecule has 1 aromatic heterocycles. The molecule has 206 valence electrons. The number of nitrogens with one attached hydrogen (secondary N) is 1. The monoisotopic (exact) mass is 552 g/mol. The summed E-state index contributed by atoms with van der Waals surface area (Å²) in [5.74, 6) is 1.94. The van der Waals surface area contributed by atoms with E-state index in [1.165, 1.54) is 0 Å². The fourth-order valence-electron chi connectivity index (χ4n) is 5.10. The SMILES string of the molecule is COc1ccc(OC(=O)N2CCc3c([nH]c4c3=CC(Cl)C(C)C=4)C2c2ccc(OCCC(O)CO)cc2)cc1. The summed E-state index contributed by atoms with van der Waals surface area (Å²) in [6.45, 7) is 2.55. The number of H-pyrrole nitrogens is 1. The zero-order valence-electron chi connectivity index (χ0n) is 22.0. The Morgan fingerprint density at radius 1 is 1.10 bits per heavy atom. The zero-order chi connectivity index (χ0) is 27.5. The number of hydrogen-bond donors (Lipinski definition) is 3. The zero-order valence-corrected chi connectivity index (χ0v) is 22.7. The average molecular weight is 553 g/mol. The van der Waals surface area contributed by atoms with Gasteiger partial charge in [-0.25, -0.2) is 4.79 Å². The minimum absolute atomic E-state index is 0.0882. The maximum atomic E-state index is 13.5. The highest BCUT2D eigenvalue weighted by Crippen LogP contribution is 2.35. The topological polar surface area (TPSA) is 104 Å². The number of aliphatic hydroxyl groups excluding tert-OH is 2. The van der Waals surface area contributed by atoms with Gasteiger partial charge >= 0.3 is 6.09 Å². The van der Waals surface area contributed by atoms with Crippen molar-refractivity contribution in [2.45, 2.75) is 37.3 Å². The van der Waals surface area contributed by atoms with E-state index in [1.54, 1.807) is 36.3 Å². The Balaban J connectivity index is 1.46. The molecule has 9 heteroatoms. The number of aliphatic hydroxyl groups is 2. The molecule has 2 aromatic carbocycles. The molecule has 4 unspecified atom stereocenters. The lowest BCUT2D eigenvalue weighted by molar-refractivity contribution is 0.0754. The number of alkyl halides is 1. The van der Waals surface area contributed by atoms with Crippen molar-refractivity contribution in [3.8, 4) is 17.2 Å². The fraction of sp³-hybridized carbons (Fsp3) is 0.367. The van der Waals surface area contributed by atoms with Gasteiger partial charge in [-0.3, -0.25) is 4.90 Å². The first-order chi connectivity index (χ1) is 18.9. The predicted octanol–water partition coefficient (Wildman–Crippen LogP) is 3.11. The minimum Gasteiger partial charge on any atom is -0.497 e. The molecule has 0 saturated heterocycles. The van der Waals surface area contributed by atoms with Crippen LogP contribution in [-0.4, -0.2) is 64.5 Å². The average Bonchev–Trinajstić information content (AvgIpc) is 3.30. The quantitative estimate of drug-likeness (QED) is 0.371. The molecule has 0 saturated carbocycles. The molecule has 1 amide bonds. The third kappa shape index (κ3) is 5.78. The number of aromatic amines is 1. The van der Waals surface area contributed by atoms with Crippen molar-refractivity contribution in [2.24, 2.45) is 5.92 Å². The fourth-order valence-corrected chi connectivity index (χ4v) is 5.30. The number of methoxy groups -OCH3 is 1. The molecule has 5 rings (SSSR count). The van der Waals surface area contributed by atoms with Crippen LogP contribution in [0.15, 0.2) is 48.5 Å². The molecule has 8 nitrogen and oxygen atoms in total. The first-order valence-electron chi connectivity index (χ1n) is 13.1. The normalized spacial score (nSPS) is 20.6. The van der Waals surface area contributed by atoms with Crippen LogP contribution in [0.25, 0.3) is 12.2 Å². The summed E-state index contributed by atoms with van der Waals surface area (Å²) in [6, 6.07) is 14.1. The second-order valence-corrected chi connectivity index (χ2v) is 10.4. The van der Waals surface area contributed by atoms with Crippen molar-refractivity contribution < 1.29 is 29.2 Å². The van der Waals surface area contributed by atoms with Gasteiger partial charge in [0, 0.05) is 29.2 Å². The van der Waals surface area contributed by atoms with Crippen LogP contribution in [-0.2, 0) is 6.42 Å². The number of benzene rings is 2. The maximum Gasteiger partial charge on any atom is 0.416 e. The minimum atomic E-state index is -0.807. The van der Waals surface area contributed by atoms with Crippen molar-refractivity contribution in [2.75, 3.05) is 26.9 Å². The molecule has 3 N–H and O–H groups in total. The van der Waals surface area contributed by atoms with Crippen LogP contribution in [0.2, 0.25) is 0 Å². The smallest absolute Gasteiger partial charge is 0.416 e. The van der Waals surface area contributed by atoms with E-state index in [0.29, 0.717) is 36.6 Å². The number of carbonyl (C=O) groups excluding carboxylic acids is 1. The third-order valence-corrected chi connectivity index (χ3v) is 7.80. The predicted molar refractivity (Wildman–Crippen MR) is 149 cm³/mol. The summed E-state index contributed by atoms with van der Waals surface area (Å²) in [4.78, 5) is 18.8. The second kappa shape index (κ2) is 11.7. The van der Waals surface area contributed by atoms with Crippen LogP contribution in [0.4, 0.5) is 4.79 Å². The van der Waals surface area contributed by atoms with E-state index in [1.807, 2.05) is 24.3 Å². The highest BCUT2D eigenvalue weighted by Gasteiger charge is 2.36. The number of carbonyl (C=O) groups is 1. The molecule has 2 aliphatic rings. The van der Waals surface area contributed by atoms with E-state index >= 15 is 0 Å². The number of ether oxygens (including phenoxy) is 3. The number of amides is 1. The molecule has 3 aromatic rings. The van der Waals surface area contributed by atoms with Crippen molar-refractivity contribution in [3.05, 3.63) is 75.9 Å². The van der Waals surface area contributed by atoms with Crippen molar-refractivity contribution in [1.29, 1.82) is 0 Å². The molecule has 1 aliphatic heterocycles. The molecule has 39 heavy (non-hydrogen) atoms. The second-order valence-electron chi connectivity index (χ2n) is 9.91. The molecule has 2 heterocycles. The molecular formula is C30H33ClN2O6. The van der Waals surface area contributed by atoms with Gasteiger partial charge in [0.05, 0.1) is 31.8 Å². The van der Waals surface area contributed by atoms with Crippen LogP contribution in [0.5, 0.6) is 17.2 Å². The van der Waals surface area contributed by atoms with Gasteiger partial charge in [0.1, 0.15) is 23.3 Å². The lowest BCUT2D eigenvalue weighted by atomic mass is 9.92. The standard InChI is InChI=1S/C30H33ClN2O6/c1-18-15-27-25(16-26(18)31)24-11-13-33(30(36)39-23-9-7-21(37-2)8-10-23)29(28(24)32-27)19-3-5-22(6-4-19)38-14-12-20(35)17-34/h3-10,15-16,18,20,26,29,32,34-35H,11-14,17H2,1-2H3. The van der Waals surface area contributed by atoms with Crippen molar-refractivity contribution in [3.63, 3.8) is 0 Å². The molecule has 0 fully saturated rings. The Labute approximate surface area is 232 Å². The van der Waals surface area contributed by atoms with E-state index in [-0.39, 0.29) is 24.5 Å². The number of halogens is 1. The Bertz CT molecular complexity index is 1420. The number of rotatable bonds is 8. The number of aromatic nitrogens is 1. The number of nitrogens with zero attached hydrogens (tertiary/aromatic N) is 1. The van der Waals surface area contributed by atoms with Crippen LogP contribution < -0.4 is 24.8 Å². The number of fused-ring (bicyclic) bond motifs is 3. The lowest BCUT2D eigenvalue weighted by Crippen LogP contribution is -2.43. The Morgan fingerprint density at radius 3 is 2.49 bits per heavy atom. The summed E-state index contributed by atoms with van der Waals surface area (Å²) in [7, 11) is 1.59. The highest BCUT2D eigenvalue weighted by atomic mass is 35.5. The highest BCUT2D eigenvalue weighted by molar-refractivity contribution is 6.24. The van der Waals surface area contributed by atoms with Gasteiger partial charge in [-0.1, -0.05) is 31.2 Å². The van der Waals surface area contributed by atoms with Gasteiger partial charge < -0.3 is 29.4 Å². The first kappa shape index (κ1) is 27.1. The van der Waals surface area contributed by atoms with E-state index in [0.717, 1.165) is 27.4 Å². The van der Waals surface area contributed by atoms with E-state index in [2.05, 4.69) is 24.1 Å². The third-order valence-electron chi connectivity index (χ3n) is 7.28. The molecule has 0 bridgehead atoms.